The molecule has 0 saturated carbocycles. The van der Waals surface area contributed by atoms with Crippen molar-refractivity contribution < 1.29 is 4.42 Å². The molecule has 1 aliphatic heterocycles. The standard InChI is InChI=1S/C15H17N5OS/c1-10-6-16-20(7-10)12-8-19(9-12)11(2)14-17-18-15(21-14)13-4-3-5-22-13/h3-7,11-12H,8-9H2,1-2H3/t11-/m0/s1. The van der Waals surface area contributed by atoms with Crippen LogP contribution in [-0.4, -0.2) is 38.0 Å². The first-order valence-electron chi connectivity index (χ1n) is 7.33. The van der Waals surface area contributed by atoms with Crippen molar-refractivity contribution in [2.75, 3.05) is 13.1 Å². The summed E-state index contributed by atoms with van der Waals surface area (Å²) >= 11 is 1.61. The van der Waals surface area contributed by atoms with Crippen LogP contribution in [0.4, 0.5) is 0 Å². The van der Waals surface area contributed by atoms with Crippen LogP contribution in [0, 0.1) is 6.92 Å². The maximum absolute atomic E-state index is 5.82. The maximum Gasteiger partial charge on any atom is 0.257 e. The van der Waals surface area contributed by atoms with Crippen molar-refractivity contribution in [2.24, 2.45) is 0 Å². The highest BCUT2D eigenvalue weighted by atomic mass is 32.1. The fourth-order valence-corrected chi connectivity index (χ4v) is 3.31. The Bertz CT molecular complexity index is 757. The average Bonchev–Trinajstić information content (AvgIpc) is 3.17. The van der Waals surface area contributed by atoms with Crippen LogP contribution in [0.3, 0.4) is 0 Å². The topological polar surface area (TPSA) is 60.0 Å². The minimum absolute atomic E-state index is 0.133. The lowest BCUT2D eigenvalue weighted by Crippen LogP contribution is -2.48. The summed E-state index contributed by atoms with van der Waals surface area (Å²) in [6, 6.07) is 4.55. The van der Waals surface area contributed by atoms with E-state index in [1.54, 1.807) is 11.3 Å². The van der Waals surface area contributed by atoms with Crippen molar-refractivity contribution >= 4 is 11.3 Å². The second-order valence-electron chi connectivity index (χ2n) is 5.70. The van der Waals surface area contributed by atoms with Gasteiger partial charge in [0.2, 0.25) is 5.89 Å². The Morgan fingerprint density at radius 2 is 2.23 bits per heavy atom. The fraction of sp³-hybridized carbons (Fsp3) is 0.400. The molecule has 22 heavy (non-hydrogen) atoms. The normalized spacial score (nSPS) is 17.5. The van der Waals surface area contributed by atoms with Gasteiger partial charge >= 0.3 is 0 Å². The molecule has 0 aliphatic carbocycles. The second-order valence-corrected chi connectivity index (χ2v) is 6.65. The molecule has 0 amide bonds. The fourth-order valence-electron chi connectivity index (χ4n) is 2.66. The molecule has 0 spiro atoms. The number of aromatic nitrogens is 4. The van der Waals surface area contributed by atoms with E-state index in [2.05, 4.69) is 40.2 Å². The molecule has 7 heteroatoms. The first-order chi connectivity index (χ1) is 10.7. The van der Waals surface area contributed by atoms with Gasteiger partial charge in [-0.3, -0.25) is 9.58 Å². The highest BCUT2D eigenvalue weighted by Crippen LogP contribution is 2.32. The van der Waals surface area contributed by atoms with E-state index in [0.29, 0.717) is 17.8 Å². The van der Waals surface area contributed by atoms with E-state index >= 15 is 0 Å². The Kier molecular flexibility index (Phi) is 3.31. The van der Waals surface area contributed by atoms with Crippen LogP contribution in [0.5, 0.6) is 0 Å². The van der Waals surface area contributed by atoms with E-state index in [-0.39, 0.29) is 6.04 Å². The summed E-state index contributed by atoms with van der Waals surface area (Å²) in [4.78, 5) is 3.34. The Labute approximate surface area is 132 Å². The molecule has 6 nitrogen and oxygen atoms in total. The van der Waals surface area contributed by atoms with Crippen LogP contribution < -0.4 is 0 Å². The number of rotatable bonds is 4. The Morgan fingerprint density at radius 1 is 1.36 bits per heavy atom. The molecule has 3 aromatic rings. The highest BCUT2D eigenvalue weighted by molar-refractivity contribution is 7.13. The molecule has 4 heterocycles. The molecule has 1 aliphatic rings. The van der Waals surface area contributed by atoms with E-state index in [1.165, 1.54) is 5.56 Å². The largest absolute Gasteiger partial charge is 0.418 e. The van der Waals surface area contributed by atoms with Gasteiger partial charge < -0.3 is 4.42 Å². The van der Waals surface area contributed by atoms with E-state index in [4.69, 9.17) is 4.42 Å². The van der Waals surface area contributed by atoms with Crippen molar-refractivity contribution in [1.29, 1.82) is 0 Å². The summed E-state index contributed by atoms with van der Waals surface area (Å²) in [5, 5.41) is 14.7. The van der Waals surface area contributed by atoms with E-state index < -0.39 is 0 Å². The van der Waals surface area contributed by atoms with Crippen LogP contribution in [0.15, 0.2) is 34.3 Å². The summed E-state index contributed by atoms with van der Waals surface area (Å²) < 4.78 is 7.86. The molecule has 0 aromatic carbocycles. The van der Waals surface area contributed by atoms with Crippen molar-refractivity contribution in [3.8, 4) is 10.8 Å². The summed E-state index contributed by atoms with van der Waals surface area (Å²) in [6.07, 6.45) is 3.99. The highest BCUT2D eigenvalue weighted by Gasteiger charge is 2.34. The van der Waals surface area contributed by atoms with Crippen LogP contribution in [-0.2, 0) is 0 Å². The molecule has 0 N–H and O–H groups in total. The van der Waals surface area contributed by atoms with Gasteiger partial charge in [0, 0.05) is 19.3 Å². The molecule has 0 unspecified atom stereocenters. The molecule has 114 valence electrons. The van der Waals surface area contributed by atoms with Gasteiger partial charge in [-0.25, -0.2) is 0 Å². The van der Waals surface area contributed by atoms with E-state index in [9.17, 15) is 0 Å². The van der Waals surface area contributed by atoms with Gasteiger partial charge in [-0.1, -0.05) is 6.07 Å². The Morgan fingerprint density at radius 3 is 2.91 bits per heavy atom. The van der Waals surface area contributed by atoms with Gasteiger partial charge in [0.05, 0.1) is 23.2 Å². The van der Waals surface area contributed by atoms with Crippen molar-refractivity contribution in [1.82, 2.24) is 24.9 Å². The predicted molar refractivity (Wildman–Crippen MR) is 83.6 cm³/mol. The minimum Gasteiger partial charge on any atom is -0.418 e. The first-order valence-corrected chi connectivity index (χ1v) is 8.21. The van der Waals surface area contributed by atoms with E-state index in [0.717, 1.165) is 18.0 Å². The van der Waals surface area contributed by atoms with Gasteiger partial charge in [-0.05, 0) is 30.9 Å². The molecule has 4 rings (SSSR count). The van der Waals surface area contributed by atoms with Gasteiger partial charge in [-0.2, -0.15) is 5.10 Å². The van der Waals surface area contributed by atoms with Crippen LogP contribution in [0.25, 0.3) is 10.8 Å². The number of aryl methyl sites for hydroxylation is 1. The lowest BCUT2D eigenvalue weighted by atomic mass is 10.1. The zero-order valence-corrected chi connectivity index (χ0v) is 13.3. The molecule has 0 radical (unpaired) electrons. The zero-order chi connectivity index (χ0) is 15.1. The van der Waals surface area contributed by atoms with Crippen LogP contribution >= 0.6 is 11.3 Å². The van der Waals surface area contributed by atoms with Gasteiger partial charge in [0.15, 0.2) is 0 Å². The zero-order valence-electron chi connectivity index (χ0n) is 12.5. The van der Waals surface area contributed by atoms with Crippen molar-refractivity contribution in [3.63, 3.8) is 0 Å². The quantitative estimate of drug-likeness (QED) is 0.741. The third-order valence-electron chi connectivity index (χ3n) is 4.07. The van der Waals surface area contributed by atoms with Crippen molar-refractivity contribution in [3.05, 3.63) is 41.4 Å². The lowest BCUT2D eigenvalue weighted by molar-refractivity contribution is 0.0484. The van der Waals surface area contributed by atoms with Crippen LogP contribution in [0.1, 0.15) is 30.5 Å². The third kappa shape index (κ3) is 2.36. The van der Waals surface area contributed by atoms with Gasteiger partial charge in [0.1, 0.15) is 0 Å². The Hall–Kier alpha value is -1.99. The maximum atomic E-state index is 5.82. The summed E-state index contributed by atoms with van der Waals surface area (Å²) in [7, 11) is 0. The summed E-state index contributed by atoms with van der Waals surface area (Å²) in [6.45, 7) is 6.08. The van der Waals surface area contributed by atoms with Crippen LogP contribution in [0.2, 0.25) is 0 Å². The molecule has 1 fully saturated rings. The smallest absolute Gasteiger partial charge is 0.257 e. The third-order valence-corrected chi connectivity index (χ3v) is 4.93. The molecule has 3 aromatic heterocycles. The van der Waals surface area contributed by atoms with Crippen molar-refractivity contribution in [2.45, 2.75) is 25.9 Å². The second kappa shape index (κ2) is 5.33. The van der Waals surface area contributed by atoms with E-state index in [1.807, 2.05) is 28.4 Å². The Balaban J connectivity index is 1.42. The minimum atomic E-state index is 0.133. The van der Waals surface area contributed by atoms with Gasteiger partial charge in [0.25, 0.3) is 5.89 Å². The lowest BCUT2D eigenvalue weighted by Gasteiger charge is -2.41. The monoisotopic (exact) mass is 315 g/mol. The summed E-state index contributed by atoms with van der Waals surface area (Å²) in [5.74, 6) is 1.29. The predicted octanol–water partition coefficient (Wildman–Crippen LogP) is 2.92. The number of nitrogens with zero attached hydrogens (tertiary/aromatic N) is 5. The molecular weight excluding hydrogens is 298 g/mol. The molecule has 1 atom stereocenters. The number of hydrogen-bond acceptors (Lipinski definition) is 6. The number of hydrogen-bond donors (Lipinski definition) is 0. The molecule has 0 bridgehead atoms. The number of thiophene rings is 1. The summed E-state index contributed by atoms with van der Waals surface area (Å²) in [5.41, 5.74) is 1.20. The first kappa shape index (κ1) is 13.7. The van der Waals surface area contributed by atoms with Gasteiger partial charge in [-0.15, -0.1) is 21.5 Å². The SMILES string of the molecule is Cc1cnn(C2CN([C@@H](C)c3nnc(-c4cccs4)o3)C2)c1. The molecule has 1 saturated heterocycles. The molecular formula is C15H17N5OS. The number of likely N-dealkylation sites (tertiary alicyclic amines) is 1. The average molecular weight is 315 g/mol.